The molecule has 0 saturated heterocycles. The Morgan fingerprint density at radius 3 is 2.34 bits per heavy atom. The molecule has 0 aliphatic heterocycles. The van der Waals surface area contributed by atoms with Gasteiger partial charge in [-0.3, -0.25) is 4.79 Å². The molecule has 0 bridgehead atoms. The fourth-order valence-electron chi connectivity index (χ4n) is 2.85. The van der Waals surface area contributed by atoms with Crippen molar-refractivity contribution in [3.05, 3.63) is 105 Å². The highest BCUT2D eigenvalue weighted by Crippen LogP contribution is 2.36. The van der Waals surface area contributed by atoms with Gasteiger partial charge in [-0.05, 0) is 48.5 Å². The van der Waals surface area contributed by atoms with Gasteiger partial charge in [0, 0.05) is 14.8 Å². The van der Waals surface area contributed by atoms with Crippen LogP contribution in [0.1, 0.15) is 16.3 Å². The second-order valence-corrected chi connectivity index (χ2v) is 8.98. The summed E-state index contributed by atoms with van der Waals surface area (Å²) in [6.07, 6.45) is 0. The first kappa shape index (κ1) is 22.6. The number of carbonyl (C=O) groups is 1. The van der Waals surface area contributed by atoms with E-state index >= 15 is 0 Å². The second kappa shape index (κ2) is 10.4. The molecule has 0 atom stereocenters. The minimum Gasteiger partial charge on any atom is -0.483 e. The number of para-hydroxylation sites is 1. The Balaban J connectivity index is 1.43. The maximum Gasteiger partial charge on any atom is 0.291 e. The SMILES string of the molecule is O=C(Nc1ccccc1Sc1ccccc1)c1ccc(COc2c(Cl)cc(Cl)cc2Cl)o1. The lowest BCUT2D eigenvalue weighted by atomic mass is 10.3. The van der Waals surface area contributed by atoms with Gasteiger partial charge in [0.1, 0.15) is 12.4 Å². The van der Waals surface area contributed by atoms with Crippen molar-refractivity contribution in [1.82, 2.24) is 0 Å². The van der Waals surface area contributed by atoms with Crippen molar-refractivity contribution in [2.24, 2.45) is 0 Å². The van der Waals surface area contributed by atoms with Gasteiger partial charge in [-0.1, -0.05) is 76.9 Å². The monoisotopic (exact) mass is 503 g/mol. The summed E-state index contributed by atoms with van der Waals surface area (Å²) in [4.78, 5) is 14.7. The van der Waals surface area contributed by atoms with E-state index in [0.717, 1.165) is 9.79 Å². The lowest BCUT2D eigenvalue weighted by Crippen LogP contribution is -2.11. The van der Waals surface area contributed by atoms with Crippen LogP contribution in [0.2, 0.25) is 15.1 Å². The van der Waals surface area contributed by atoms with Crippen molar-refractivity contribution in [1.29, 1.82) is 0 Å². The Bertz CT molecular complexity index is 1220. The van der Waals surface area contributed by atoms with Gasteiger partial charge in [0.05, 0.1) is 15.7 Å². The summed E-state index contributed by atoms with van der Waals surface area (Å²) in [6.45, 7) is 0.0504. The number of ether oxygens (including phenoxy) is 1. The van der Waals surface area contributed by atoms with Crippen LogP contribution in [0.25, 0.3) is 0 Å². The number of amides is 1. The third-order valence-electron chi connectivity index (χ3n) is 4.31. The molecule has 8 heteroatoms. The summed E-state index contributed by atoms with van der Waals surface area (Å²) in [5.74, 6) is 0.549. The largest absolute Gasteiger partial charge is 0.483 e. The van der Waals surface area contributed by atoms with Gasteiger partial charge >= 0.3 is 0 Å². The van der Waals surface area contributed by atoms with Crippen LogP contribution in [-0.2, 0) is 6.61 Å². The standard InChI is InChI=1S/C24H16Cl3NO3S/c25-15-12-18(26)23(19(27)13-15)30-14-16-10-11-21(31-16)24(29)28-20-8-4-5-9-22(20)32-17-6-2-1-3-7-17/h1-13H,14H2,(H,28,29). The number of anilines is 1. The van der Waals surface area contributed by atoms with E-state index in [4.69, 9.17) is 44.0 Å². The summed E-state index contributed by atoms with van der Waals surface area (Å²) >= 11 is 19.7. The molecule has 0 spiro atoms. The molecular weight excluding hydrogens is 489 g/mol. The molecule has 0 aliphatic rings. The third kappa shape index (κ3) is 5.61. The predicted molar refractivity (Wildman–Crippen MR) is 129 cm³/mol. The van der Waals surface area contributed by atoms with Crippen LogP contribution in [0.5, 0.6) is 5.75 Å². The fourth-order valence-corrected chi connectivity index (χ4v) is 4.69. The topological polar surface area (TPSA) is 51.5 Å². The molecule has 4 aromatic rings. The Kier molecular flexibility index (Phi) is 7.33. The number of furan rings is 1. The molecule has 0 saturated carbocycles. The van der Waals surface area contributed by atoms with Crippen LogP contribution in [0.4, 0.5) is 5.69 Å². The highest BCUT2D eigenvalue weighted by atomic mass is 35.5. The van der Waals surface area contributed by atoms with E-state index in [2.05, 4.69) is 5.32 Å². The van der Waals surface area contributed by atoms with Gasteiger partial charge in [0.2, 0.25) is 0 Å². The molecule has 1 N–H and O–H groups in total. The van der Waals surface area contributed by atoms with Crippen molar-refractivity contribution >= 4 is 58.2 Å². The number of hydrogen-bond donors (Lipinski definition) is 1. The highest BCUT2D eigenvalue weighted by Gasteiger charge is 2.15. The molecule has 3 aromatic carbocycles. The van der Waals surface area contributed by atoms with Gasteiger partial charge in [0.15, 0.2) is 11.5 Å². The van der Waals surface area contributed by atoms with Crippen molar-refractivity contribution in [2.45, 2.75) is 16.4 Å². The fraction of sp³-hybridized carbons (Fsp3) is 0.0417. The molecular formula is C24H16Cl3NO3S. The molecule has 0 fully saturated rings. The number of hydrogen-bond acceptors (Lipinski definition) is 4. The van der Waals surface area contributed by atoms with Gasteiger partial charge < -0.3 is 14.5 Å². The zero-order valence-corrected chi connectivity index (χ0v) is 19.6. The molecule has 1 amide bonds. The number of nitrogens with one attached hydrogen (secondary N) is 1. The van der Waals surface area contributed by atoms with E-state index in [0.29, 0.717) is 32.3 Å². The first-order chi connectivity index (χ1) is 15.5. The van der Waals surface area contributed by atoms with Crippen molar-refractivity contribution in [3.63, 3.8) is 0 Å². The smallest absolute Gasteiger partial charge is 0.291 e. The first-order valence-corrected chi connectivity index (χ1v) is 11.4. The number of benzene rings is 3. The van der Waals surface area contributed by atoms with Crippen molar-refractivity contribution < 1.29 is 13.9 Å². The third-order valence-corrected chi connectivity index (χ3v) is 6.18. The summed E-state index contributed by atoms with van der Waals surface area (Å²) in [5.41, 5.74) is 0.695. The highest BCUT2D eigenvalue weighted by molar-refractivity contribution is 7.99. The van der Waals surface area contributed by atoms with Crippen LogP contribution in [0.3, 0.4) is 0 Å². The molecule has 1 aromatic heterocycles. The molecule has 4 nitrogen and oxygen atoms in total. The van der Waals surface area contributed by atoms with Crippen molar-refractivity contribution in [3.8, 4) is 5.75 Å². The second-order valence-electron chi connectivity index (χ2n) is 6.62. The molecule has 0 radical (unpaired) electrons. The molecule has 1 heterocycles. The van der Waals surface area contributed by atoms with E-state index in [-0.39, 0.29) is 18.3 Å². The van der Waals surface area contributed by atoms with Gasteiger partial charge in [-0.2, -0.15) is 0 Å². The van der Waals surface area contributed by atoms with Crippen LogP contribution >= 0.6 is 46.6 Å². The maximum atomic E-state index is 12.7. The van der Waals surface area contributed by atoms with E-state index in [9.17, 15) is 4.79 Å². The average molecular weight is 505 g/mol. The Hall–Kier alpha value is -2.57. The van der Waals surface area contributed by atoms with Gasteiger partial charge in [-0.15, -0.1) is 0 Å². The van der Waals surface area contributed by atoms with E-state index in [1.165, 1.54) is 12.1 Å². The van der Waals surface area contributed by atoms with Gasteiger partial charge in [0.25, 0.3) is 5.91 Å². The molecule has 0 unspecified atom stereocenters. The number of rotatable bonds is 7. The zero-order valence-electron chi connectivity index (χ0n) is 16.5. The first-order valence-electron chi connectivity index (χ1n) is 9.49. The van der Waals surface area contributed by atoms with Gasteiger partial charge in [-0.25, -0.2) is 0 Å². The van der Waals surface area contributed by atoms with Crippen LogP contribution in [-0.4, -0.2) is 5.91 Å². The normalized spacial score (nSPS) is 10.7. The Morgan fingerprint density at radius 1 is 0.906 bits per heavy atom. The Labute approximate surface area is 204 Å². The zero-order chi connectivity index (χ0) is 22.5. The summed E-state index contributed by atoms with van der Waals surface area (Å²) in [7, 11) is 0. The van der Waals surface area contributed by atoms with E-state index in [1.807, 2.05) is 54.6 Å². The lowest BCUT2D eigenvalue weighted by Gasteiger charge is -2.10. The molecule has 32 heavy (non-hydrogen) atoms. The predicted octanol–water partition coefficient (Wildman–Crippen LogP) is 8.22. The maximum absolute atomic E-state index is 12.7. The minimum absolute atomic E-state index is 0.0504. The molecule has 162 valence electrons. The summed E-state index contributed by atoms with van der Waals surface area (Å²) < 4.78 is 11.3. The lowest BCUT2D eigenvalue weighted by molar-refractivity contribution is 0.0992. The Morgan fingerprint density at radius 2 is 1.59 bits per heavy atom. The average Bonchev–Trinajstić information content (AvgIpc) is 3.24. The number of carbonyl (C=O) groups excluding carboxylic acids is 1. The molecule has 4 rings (SSSR count). The summed E-state index contributed by atoms with van der Waals surface area (Å²) in [5, 5.41) is 3.90. The van der Waals surface area contributed by atoms with Crippen LogP contribution < -0.4 is 10.1 Å². The van der Waals surface area contributed by atoms with Crippen LogP contribution in [0, 0.1) is 0 Å². The van der Waals surface area contributed by atoms with Crippen LogP contribution in [0.15, 0.2) is 93.1 Å². The summed E-state index contributed by atoms with van der Waals surface area (Å²) in [6, 6.07) is 23.9. The molecule has 0 aliphatic carbocycles. The van der Waals surface area contributed by atoms with Crippen molar-refractivity contribution in [2.75, 3.05) is 5.32 Å². The minimum atomic E-state index is -0.361. The van der Waals surface area contributed by atoms with E-state index in [1.54, 1.807) is 23.9 Å². The van der Waals surface area contributed by atoms with E-state index < -0.39 is 0 Å². The number of halogens is 3. The quantitative estimate of drug-likeness (QED) is 0.275.